The molecule has 0 aliphatic rings. The Bertz CT molecular complexity index is 937. The standard InChI is InChI=1S/C20H23N3O2/c1-5-14-17(21-10-15-11(2)7-6-8-12(15)3)19-16(9-13(4)22-19)23-18(14)20(24)25/h6-9,22H,5,10H2,1-4H3,(H,21,23)(H,24,25). The normalized spacial score (nSPS) is 11.0. The molecule has 0 bridgehead atoms. The highest BCUT2D eigenvalue weighted by Crippen LogP contribution is 2.30. The van der Waals surface area contributed by atoms with Crippen LogP contribution in [0.5, 0.6) is 0 Å². The van der Waals surface area contributed by atoms with Crippen molar-refractivity contribution >= 4 is 22.7 Å². The smallest absolute Gasteiger partial charge is 0.354 e. The summed E-state index contributed by atoms with van der Waals surface area (Å²) in [7, 11) is 0. The number of aromatic nitrogens is 2. The van der Waals surface area contributed by atoms with Crippen molar-refractivity contribution in [3.05, 3.63) is 57.9 Å². The summed E-state index contributed by atoms with van der Waals surface area (Å²) in [5.74, 6) is -0.993. The van der Waals surface area contributed by atoms with Crippen molar-refractivity contribution in [3.8, 4) is 0 Å². The summed E-state index contributed by atoms with van der Waals surface area (Å²) in [6.45, 7) is 8.72. The van der Waals surface area contributed by atoms with Gasteiger partial charge in [0.05, 0.1) is 16.7 Å². The van der Waals surface area contributed by atoms with E-state index in [0.717, 1.165) is 22.5 Å². The quantitative estimate of drug-likeness (QED) is 0.646. The maximum absolute atomic E-state index is 11.7. The lowest BCUT2D eigenvalue weighted by Crippen LogP contribution is -2.12. The zero-order valence-electron chi connectivity index (χ0n) is 15.0. The van der Waals surface area contributed by atoms with Crippen LogP contribution in [0.2, 0.25) is 0 Å². The van der Waals surface area contributed by atoms with Gasteiger partial charge in [-0.25, -0.2) is 9.78 Å². The topological polar surface area (TPSA) is 78.0 Å². The summed E-state index contributed by atoms with van der Waals surface area (Å²) in [4.78, 5) is 19.3. The van der Waals surface area contributed by atoms with Gasteiger partial charge in [-0.15, -0.1) is 0 Å². The van der Waals surface area contributed by atoms with Crippen molar-refractivity contribution < 1.29 is 9.90 Å². The molecule has 1 aromatic carbocycles. The van der Waals surface area contributed by atoms with Crippen molar-refractivity contribution in [1.29, 1.82) is 0 Å². The van der Waals surface area contributed by atoms with E-state index in [2.05, 4.69) is 41.3 Å². The third kappa shape index (κ3) is 3.09. The van der Waals surface area contributed by atoms with Crippen molar-refractivity contribution in [3.63, 3.8) is 0 Å². The van der Waals surface area contributed by atoms with Gasteiger partial charge in [0.1, 0.15) is 0 Å². The van der Waals surface area contributed by atoms with Gasteiger partial charge in [-0.3, -0.25) is 0 Å². The number of anilines is 1. The molecule has 0 spiro atoms. The van der Waals surface area contributed by atoms with E-state index in [0.29, 0.717) is 18.5 Å². The predicted molar refractivity (Wildman–Crippen MR) is 100 cm³/mol. The van der Waals surface area contributed by atoms with Gasteiger partial charge in [-0.05, 0) is 49.9 Å². The SMILES string of the molecule is CCc1c(C(=O)O)nc2cc(C)[nH]c2c1NCc1c(C)cccc1C. The number of nitrogens with one attached hydrogen (secondary N) is 2. The molecule has 0 atom stereocenters. The van der Waals surface area contributed by atoms with Crippen LogP contribution in [-0.4, -0.2) is 21.0 Å². The van der Waals surface area contributed by atoms with Crippen LogP contribution >= 0.6 is 0 Å². The number of pyridine rings is 1. The monoisotopic (exact) mass is 337 g/mol. The fraction of sp³-hybridized carbons (Fsp3) is 0.300. The average molecular weight is 337 g/mol. The summed E-state index contributed by atoms with van der Waals surface area (Å²) < 4.78 is 0. The third-order valence-electron chi connectivity index (χ3n) is 4.64. The first-order valence-electron chi connectivity index (χ1n) is 8.46. The molecule has 3 rings (SSSR count). The van der Waals surface area contributed by atoms with E-state index < -0.39 is 5.97 Å². The second-order valence-electron chi connectivity index (χ2n) is 6.41. The Morgan fingerprint density at radius 2 is 1.88 bits per heavy atom. The molecule has 0 aliphatic carbocycles. The van der Waals surface area contributed by atoms with Gasteiger partial charge in [0.15, 0.2) is 5.69 Å². The maximum atomic E-state index is 11.7. The predicted octanol–water partition coefficient (Wildman–Crippen LogP) is 4.36. The summed E-state index contributed by atoms with van der Waals surface area (Å²) in [5, 5.41) is 13.0. The Labute approximate surface area is 147 Å². The molecule has 130 valence electrons. The zero-order valence-corrected chi connectivity index (χ0v) is 15.0. The molecule has 2 aromatic heterocycles. The van der Waals surface area contributed by atoms with E-state index in [-0.39, 0.29) is 5.69 Å². The Morgan fingerprint density at radius 1 is 1.20 bits per heavy atom. The molecule has 5 nitrogen and oxygen atoms in total. The lowest BCUT2D eigenvalue weighted by atomic mass is 10.0. The Morgan fingerprint density at radius 3 is 2.48 bits per heavy atom. The van der Waals surface area contributed by atoms with Crippen LogP contribution in [0.1, 0.15) is 45.4 Å². The van der Waals surface area contributed by atoms with Gasteiger partial charge in [-0.2, -0.15) is 0 Å². The number of rotatable bonds is 5. The fourth-order valence-electron chi connectivity index (χ4n) is 3.33. The molecule has 3 aromatic rings. The van der Waals surface area contributed by atoms with Crippen molar-refractivity contribution in [2.45, 2.75) is 40.7 Å². The molecule has 25 heavy (non-hydrogen) atoms. The molecule has 5 heteroatoms. The number of H-pyrrole nitrogens is 1. The van der Waals surface area contributed by atoms with Gasteiger partial charge in [0, 0.05) is 17.8 Å². The van der Waals surface area contributed by atoms with E-state index in [1.807, 2.05) is 26.0 Å². The number of aromatic carboxylic acids is 1. The number of aromatic amines is 1. The Hall–Kier alpha value is -2.82. The average Bonchev–Trinajstić information content (AvgIpc) is 2.93. The lowest BCUT2D eigenvalue weighted by molar-refractivity contribution is 0.0689. The summed E-state index contributed by atoms with van der Waals surface area (Å²) in [5.41, 5.74) is 7.86. The lowest BCUT2D eigenvalue weighted by Gasteiger charge is -2.16. The molecular formula is C20H23N3O2. The minimum atomic E-state index is -0.993. The second kappa shape index (κ2) is 6.59. The van der Waals surface area contributed by atoms with Crippen LogP contribution in [0.15, 0.2) is 24.3 Å². The number of hydrogen-bond acceptors (Lipinski definition) is 3. The van der Waals surface area contributed by atoms with Crippen molar-refractivity contribution in [2.24, 2.45) is 0 Å². The van der Waals surface area contributed by atoms with E-state index in [9.17, 15) is 9.90 Å². The van der Waals surface area contributed by atoms with E-state index in [4.69, 9.17) is 0 Å². The molecule has 2 heterocycles. The summed E-state index contributed by atoms with van der Waals surface area (Å²) >= 11 is 0. The van der Waals surface area contributed by atoms with E-state index in [1.165, 1.54) is 16.7 Å². The number of carbonyl (C=O) groups is 1. The van der Waals surface area contributed by atoms with Crippen LogP contribution in [0.4, 0.5) is 5.69 Å². The summed E-state index contributed by atoms with van der Waals surface area (Å²) in [6.07, 6.45) is 0.595. The molecule has 0 radical (unpaired) electrons. The third-order valence-corrected chi connectivity index (χ3v) is 4.64. The highest BCUT2D eigenvalue weighted by molar-refractivity contribution is 5.98. The highest BCUT2D eigenvalue weighted by Gasteiger charge is 2.20. The molecule has 0 saturated heterocycles. The number of benzene rings is 1. The molecule has 0 amide bonds. The Kier molecular flexibility index (Phi) is 4.49. The van der Waals surface area contributed by atoms with E-state index >= 15 is 0 Å². The van der Waals surface area contributed by atoms with Crippen LogP contribution < -0.4 is 5.32 Å². The highest BCUT2D eigenvalue weighted by atomic mass is 16.4. The van der Waals surface area contributed by atoms with Gasteiger partial charge in [0.2, 0.25) is 0 Å². The maximum Gasteiger partial charge on any atom is 0.354 e. The zero-order chi connectivity index (χ0) is 18.1. The minimum absolute atomic E-state index is 0.123. The largest absolute Gasteiger partial charge is 0.477 e. The van der Waals surface area contributed by atoms with Gasteiger partial charge in [0.25, 0.3) is 0 Å². The first-order valence-corrected chi connectivity index (χ1v) is 8.46. The van der Waals surface area contributed by atoms with Gasteiger partial charge in [-0.1, -0.05) is 25.1 Å². The molecular weight excluding hydrogens is 314 g/mol. The van der Waals surface area contributed by atoms with Gasteiger partial charge < -0.3 is 15.4 Å². The number of carboxylic acids is 1. The van der Waals surface area contributed by atoms with Crippen LogP contribution in [0.3, 0.4) is 0 Å². The van der Waals surface area contributed by atoms with Gasteiger partial charge >= 0.3 is 5.97 Å². The number of carboxylic acid groups (broad SMARTS) is 1. The molecule has 3 N–H and O–H groups in total. The van der Waals surface area contributed by atoms with Crippen LogP contribution in [0, 0.1) is 20.8 Å². The van der Waals surface area contributed by atoms with Crippen LogP contribution in [0.25, 0.3) is 11.0 Å². The second-order valence-corrected chi connectivity index (χ2v) is 6.41. The molecule has 0 unspecified atom stereocenters. The van der Waals surface area contributed by atoms with E-state index in [1.54, 1.807) is 0 Å². The minimum Gasteiger partial charge on any atom is -0.477 e. The van der Waals surface area contributed by atoms with Crippen molar-refractivity contribution in [1.82, 2.24) is 9.97 Å². The first kappa shape index (κ1) is 17.0. The van der Waals surface area contributed by atoms with Crippen molar-refractivity contribution in [2.75, 3.05) is 5.32 Å². The summed E-state index contributed by atoms with van der Waals surface area (Å²) in [6, 6.07) is 8.11. The fourth-order valence-corrected chi connectivity index (χ4v) is 3.33. The molecule has 0 fully saturated rings. The van der Waals surface area contributed by atoms with Crippen LogP contribution in [-0.2, 0) is 13.0 Å². The number of aryl methyl sites for hydroxylation is 3. The molecule has 0 saturated carbocycles. The number of hydrogen-bond donors (Lipinski definition) is 3. The molecule has 0 aliphatic heterocycles. The Balaban J connectivity index is 2.12. The number of fused-ring (bicyclic) bond motifs is 1. The number of nitrogens with zero attached hydrogens (tertiary/aromatic N) is 1. The first-order chi connectivity index (χ1) is 11.9.